The average molecular weight is 289 g/mol. The number of hydrogen-bond acceptors (Lipinski definition) is 4. The van der Waals surface area contributed by atoms with E-state index in [-0.39, 0.29) is 0 Å². The fourth-order valence-corrected chi connectivity index (χ4v) is 2.90. The van der Waals surface area contributed by atoms with Crippen LogP contribution in [-0.4, -0.2) is 11.3 Å². The summed E-state index contributed by atoms with van der Waals surface area (Å²) in [5.41, 5.74) is 3.60. The number of aromatic nitrogens is 1. The maximum Gasteiger partial charge on any atom is 0.150 e. The predicted molar refractivity (Wildman–Crippen MR) is 81.8 cm³/mol. The molecule has 0 unspecified atom stereocenters. The monoisotopic (exact) mass is 289 g/mol. The summed E-state index contributed by atoms with van der Waals surface area (Å²) in [7, 11) is 0. The van der Waals surface area contributed by atoms with Gasteiger partial charge in [-0.1, -0.05) is 13.8 Å². The molecule has 20 heavy (non-hydrogen) atoms. The number of hydrogen-bond donors (Lipinski definition) is 0. The molecule has 2 aromatic rings. The van der Waals surface area contributed by atoms with Gasteiger partial charge in [0.05, 0.1) is 10.7 Å². The van der Waals surface area contributed by atoms with Gasteiger partial charge in [0.2, 0.25) is 0 Å². The van der Waals surface area contributed by atoms with Crippen molar-refractivity contribution in [3.63, 3.8) is 0 Å². The highest BCUT2D eigenvalue weighted by Gasteiger charge is 2.09. The number of nitrogens with zero attached hydrogens (tertiary/aromatic N) is 1. The number of thiazole rings is 1. The van der Waals surface area contributed by atoms with E-state index in [0.29, 0.717) is 18.1 Å². The van der Waals surface area contributed by atoms with E-state index in [1.807, 2.05) is 31.4 Å². The smallest absolute Gasteiger partial charge is 0.150 e. The van der Waals surface area contributed by atoms with E-state index in [9.17, 15) is 4.79 Å². The molecule has 0 aliphatic heterocycles. The molecule has 0 radical (unpaired) electrons. The second-order valence-corrected chi connectivity index (χ2v) is 6.11. The molecule has 0 atom stereocenters. The third kappa shape index (κ3) is 3.25. The van der Waals surface area contributed by atoms with Crippen molar-refractivity contribution in [1.29, 1.82) is 0 Å². The van der Waals surface area contributed by atoms with Crippen molar-refractivity contribution in [2.24, 2.45) is 0 Å². The van der Waals surface area contributed by atoms with Gasteiger partial charge in [-0.3, -0.25) is 4.79 Å². The molecule has 0 saturated carbocycles. The van der Waals surface area contributed by atoms with Gasteiger partial charge >= 0.3 is 0 Å². The topological polar surface area (TPSA) is 39.2 Å². The van der Waals surface area contributed by atoms with Crippen molar-refractivity contribution in [2.75, 3.05) is 0 Å². The van der Waals surface area contributed by atoms with E-state index in [1.54, 1.807) is 11.3 Å². The quantitative estimate of drug-likeness (QED) is 0.771. The summed E-state index contributed by atoms with van der Waals surface area (Å²) >= 11 is 1.67. The van der Waals surface area contributed by atoms with Crippen molar-refractivity contribution in [3.8, 4) is 5.75 Å². The summed E-state index contributed by atoms with van der Waals surface area (Å²) in [6, 6.07) is 3.69. The fraction of sp³-hybridized carbons (Fsp3) is 0.375. The molecule has 2 rings (SSSR count). The molecule has 0 aliphatic rings. The Bertz CT molecular complexity index is 594. The van der Waals surface area contributed by atoms with Gasteiger partial charge in [-0.25, -0.2) is 4.98 Å². The summed E-state index contributed by atoms with van der Waals surface area (Å²) in [5.74, 6) is 1.29. The zero-order chi connectivity index (χ0) is 14.7. The first kappa shape index (κ1) is 14.7. The Morgan fingerprint density at radius 3 is 2.45 bits per heavy atom. The molecule has 0 bridgehead atoms. The third-order valence-corrected chi connectivity index (χ3v) is 4.24. The van der Waals surface area contributed by atoms with Gasteiger partial charge in [0, 0.05) is 16.9 Å². The van der Waals surface area contributed by atoms with Gasteiger partial charge in [-0.15, -0.1) is 11.3 Å². The second-order valence-electron chi connectivity index (χ2n) is 5.22. The van der Waals surface area contributed by atoms with Gasteiger partial charge in [0.15, 0.2) is 0 Å². The van der Waals surface area contributed by atoms with E-state index in [4.69, 9.17) is 4.74 Å². The van der Waals surface area contributed by atoms with Gasteiger partial charge in [0.1, 0.15) is 18.6 Å². The number of carbonyl (C=O) groups is 1. The molecule has 0 fully saturated rings. The van der Waals surface area contributed by atoms with Crippen LogP contribution in [0.2, 0.25) is 0 Å². The van der Waals surface area contributed by atoms with Crippen molar-refractivity contribution < 1.29 is 9.53 Å². The Morgan fingerprint density at radius 1 is 1.30 bits per heavy atom. The van der Waals surface area contributed by atoms with Crippen LogP contribution in [0.25, 0.3) is 0 Å². The number of carbonyl (C=O) groups excluding carboxylic acids is 1. The highest BCUT2D eigenvalue weighted by atomic mass is 32.1. The molecule has 1 aromatic carbocycles. The molecule has 0 amide bonds. The molecule has 0 N–H and O–H groups in total. The van der Waals surface area contributed by atoms with Crippen LogP contribution in [0.1, 0.15) is 52.0 Å². The van der Waals surface area contributed by atoms with Crippen molar-refractivity contribution >= 4 is 17.6 Å². The molecule has 106 valence electrons. The van der Waals surface area contributed by atoms with Crippen molar-refractivity contribution in [2.45, 2.75) is 40.2 Å². The van der Waals surface area contributed by atoms with E-state index in [2.05, 4.69) is 18.8 Å². The van der Waals surface area contributed by atoms with Crippen LogP contribution in [0.4, 0.5) is 0 Å². The van der Waals surface area contributed by atoms with E-state index >= 15 is 0 Å². The zero-order valence-corrected chi connectivity index (χ0v) is 13.1. The number of aryl methyl sites for hydroxylation is 2. The minimum atomic E-state index is 0.448. The van der Waals surface area contributed by atoms with Crippen LogP contribution in [0, 0.1) is 13.8 Å². The van der Waals surface area contributed by atoms with Gasteiger partial charge in [-0.05, 0) is 37.1 Å². The molecule has 3 nitrogen and oxygen atoms in total. The maximum atomic E-state index is 10.8. The van der Waals surface area contributed by atoms with Crippen LogP contribution in [0.3, 0.4) is 0 Å². The Labute approximate surface area is 123 Å². The first-order valence-corrected chi connectivity index (χ1v) is 7.52. The predicted octanol–water partition coefficient (Wildman–Crippen LogP) is 4.27. The summed E-state index contributed by atoms with van der Waals surface area (Å²) in [5, 5.41) is 3.17. The van der Waals surface area contributed by atoms with E-state index in [0.717, 1.165) is 33.9 Å². The molecule has 1 aromatic heterocycles. The normalized spacial score (nSPS) is 10.8. The summed E-state index contributed by atoms with van der Waals surface area (Å²) < 4.78 is 5.87. The molecule has 0 saturated heterocycles. The average Bonchev–Trinajstić information content (AvgIpc) is 2.86. The first-order chi connectivity index (χ1) is 9.51. The maximum absolute atomic E-state index is 10.8. The minimum Gasteiger partial charge on any atom is -0.487 e. The second kappa shape index (κ2) is 6.18. The highest BCUT2D eigenvalue weighted by molar-refractivity contribution is 7.09. The number of ether oxygens (including phenoxy) is 1. The van der Waals surface area contributed by atoms with Crippen molar-refractivity contribution in [3.05, 3.63) is 44.9 Å². The number of aldehydes is 1. The van der Waals surface area contributed by atoms with Gasteiger partial charge in [-0.2, -0.15) is 0 Å². The van der Waals surface area contributed by atoms with Crippen molar-refractivity contribution in [1.82, 2.24) is 4.98 Å². The summed E-state index contributed by atoms with van der Waals surface area (Å²) in [4.78, 5) is 15.4. The Morgan fingerprint density at radius 2 is 1.95 bits per heavy atom. The van der Waals surface area contributed by atoms with Crippen LogP contribution in [-0.2, 0) is 6.61 Å². The molecule has 4 heteroatoms. The lowest BCUT2D eigenvalue weighted by Crippen LogP contribution is -2.01. The van der Waals surface area contributed by atoms with E-state index in [1.165, 1.54) is 0 Å². The first-order valence-electron chi connectivity index (χ1n) is 6.64. The molecule has 0 aliphatic carbocycles. The number of rotatable bonds is 5. The molecule has 0 spiro atoms. The molecule has 1 heterocycles. The minimum absolute atomic E-state index is 0.448. The Balaban J connectivity index is 2.12. The Hall–Kier alpha value is -1.68. The molecular formula is C16H19NO2S. The largest absolute Gasteiger partial charge is 0.487 e. The molecular weight excluding hydrogens is 270 g/mol. The summed E-state index contributed by atoms with van der Waals surface area (Å²) in [6.45, 7) is 8.64. The summed E-state index contributed by atoms with van der Waals surface area (Å²) in [6.07, 6.45) is 0.860. The highest BCUT2D eigenvalue weighted by Crippen LogP contribution is 2.26. The van der Waals surface area contributed by atoms with Crippen LogP contribution in [0.5, 0.6) is 5.75 Å². The Kier molecular flexibility index (Phi) is 4.55. The van der Waals surface area contributed by atoms with Gasteiger partial charge in [0.25, 0.3) is 0 Å². The third-order valence-electron chi connectivity index (χ3n) is 3.05. The van der Waals surface area contributed by atoms with Crippen LogP contribution < -0.4 is 4.74 Å². The van der Waals surface area contributed by atoms with Gasteiger partial charge < -0.3 is 4.74 Å². The lowest BCUT2D eigenvalue weighted by molar-refractivity contribution is 0.112. The SMILES string of the molecule is Cc1cc(C=O)cc(C)c1OCc1csc(C(C)C)n1. The van der Waals surface area contributed by atoms with Crippen LogP contribution in [0.15, 0.2) is 17.5 Å². The zero-order valence-electron chi connectivity index (χ0n) is 12.3. The fourth-order valence-electron chi connectivity index (χ4n) is 2.08. The van der Waals surface area contributed by atoms with Crippen LogP contribution >= 0.6 is 11.3 Å². The standard InChI is InChI=1S/C16H19NO2S/c1-10(2)16-17-14(9-20-16)8-19-15-11(3)5-13(7-18)6-12(15)4/h5-7,9-10H,8H2,1-4H3. The lowest BCUT2D eigenvalue weighted by Gasteiger charge is -2.11. The van der Waals surface area contributed by atoms with E-state index < -0.39 is 0 Å². The lowest BCUT2D eigenvalue weighted by atomic mass is 10.1. The number of benzene rings is 1.